The molecular weight excluding hydrogens is 438 g/mol. The van der Waals surface area contributed by atoms with Crippen LogP contribution in [0.5, 0.6) is 0 Å². The average molecular weight is 464 g/mol. The lowest BCUT2D eigenvalue weighted by Gasteiger charge is -2.12. The second kappa shape index (κ2) is 10.1. The summed E-state index contributed by atoms with van der Waals surface area (Å²) < 4.78 is 2.05. The van der Waals surface area contributed by atoms with Gasteiger partial charge in [0.1, 0.15) is 0 Å². The van der Waals surface area contributed by atoms with Crippen molar-refractivity contribution in [3.05, 3.63) is 78.5 Å². The number of aromatic nitrogens is 4. The molecule has 0 unspecified atom stereocenters. The van der Waals surface area contributed by atoms with E-state index in [1.54, 1.807) is 11.8 Å². The van der Waals surface area contributed by atoms with E-state index in [4.69, 9.17) is 0 Å². The van der Waals surface area contributed by atoms with Crippen molar-refractivity contribution in [2.24, 2.45) is 0 Å². The van der Waals surface area contributed by atoms with Gasteiger partial charge in [0.25, 0.3) is 0 Å². The van der Waals surface area contributed by atoms with Gasteiger partial charge in [-0.05, 0) is 41.3 Å². The normalized spacial score (nSPS) is 11.0. The fraction of sp³-hybridized carbons (Fsp3) is 0.200. The van der Waals surface area contributed by atoms with Crippen LogP contribution in [-0.4, -0.2) is 32.2 Å². The molecule has 3 aromatic carbocycles. The van der Waals surface area contributed by atoms with E-state index in [2.05, 4.69) is 100 Å². The van der Waals surface area contributed by atoms with Gasteiger partial charge in [-0.25, -0.2) is 4.68 Å². The smallest absolute Gasteiger partial charge is 0.210 e. The summed E-state index contributed by atoms with van der Waals surface area (Å²) >= 11 is 1.74. The molecule has 0 amide bonds. The highest BCUT2D eigenvalue weighted by molar-refractivity contribution is 7.99. The van der Waals surface area contributed by atoms with Crippen molar-refractivity contribution in [1.29, 1.82) is 0 Å². The average Bonchev–Trinajstić information content (AvgIpc) is 3.41. The molecule has 0 saturated heterocycles. The van der Waals surface area contributed by atoms with Crippen LogP contribution >= 0.6 is 24.2 Å². The molecule has 0 saturated carbocycles. The number of hydrogen-bond acceptors (Lipinski definition) is 4. The number of para-hydroxylation sites is 1. The molecule has 0 atom stereocenters. The van der Waals surface area contributed by atoms with Crippen LogP contribution in [0.25, 0.3) is 33.1 Å². The zero-order valence-electron chi connectivity index (χ0n) is 17.9. The summed E-state index contributed by atoms with van der Waals surface area (Å²) in [6, 6.07) is 23.3. The Morgan fingerprint density at radius 2 is 1.78 bits per heavy atom. The number of halogens is 1. The monoisotopic (exact) mass is 463 g/mol. The molecule has 164 valence electrons. The van der Waals surface area contributed by atoms with E-state index >= 15 is 0 Å². The van der Waals surface area contributed by atoms with Crippen LogP contribution < -0.4 is 5.43 Å². The summed E-state index contributed by atoms with van der Waals surface area (Å²) in [5.41, 5.74) is 7.09. The molecule has 2 heterocycles. The topological polar surface area (TPSA) is 58.5 Å². The maximum Gasteiger partial charge on any atom is 0.210 e. The summed E-state index contributed by atoms with van der Waals surface area (Å²) in [6.45, 7) is 3.03. The molecule has 0 aliphatic heterocycles. The number of thioether (sulfide) groups is 1. The van der Waals surface area contributed by atoms with Gasteiger partial charge < -0.3 is 10.4 Å². The minimum Gasteiger partial charge on any atom is -0.361 e. The summed E-state index contributed by atoms with van der Waals surface area (Å²) in [5, 5.41) is 13.7. The first-order valence-corrected chi connectivity index (χ1v) is 11.7. The van der Waals surface area contributed by atoms with E-state index in [1.807, 2.05) is 4.68 Å². The summed E-state index contributed by atoms with van der Waals surface area (Å²) in [7, 11) is 0. The van der Waals surface area contributed by atoms with Gasteiger partial charge in [0.05, 0.1) is 0 Å². The molecule has 2 N–H and O–H groups in total. The van der Waals surface area contributed by atoms with Crippen molar-refractivity contribution < 1.29 is 0 Å². The molecule has 7 heteroatoms. The number of nitrogens with zero attached hydrogens (tertiary/aromatic N) is 3. The Hall–Kier alpha value is -2.96. The van der Waals surface area contributed by atoms with Crippen molar-refractivity contribution in [2.45, 2.75) is 24.9 Å². The zero-order chi connectivity index (χ0) is 21.0. The molecule has 0 aliphatic rings. The van der Waals surface area contributed by atoms with Gasteiger partial charge in [0.2, 0.25) is 5.16 Å². The molecule has 5 nitrogen and oxygen atoms in total. The predicted molar refractivity (Wildman–Crippen MR) is 137 cm³/mol. The SMILES string of the molecule is CCCNn1c(SCCc2c[nH]c3ccccc23)nnc1-c1ccc2ccccc2c1.Cl. The van der Waals surface area contributed by atoms with Crippen LogP contribution in [0.4, 0.5) is 0 Å². The van der Waals surface area contributed by atoms with E-state index in [-0.39, 0.29) is 12.4 Å². The van der Waals surface area contributed by atoms with Gasteiger partial charge in [0, 0.05) is 35.0 Å². The van der Waals surface area contributed by atoms with Gasteiger partial charge in [-0.15, -0.1) is 22.6 Å². The highest BCUT2D eigenvalue weighted by Crippen LogP contribution is 2.27. The van der Waals surface area contributed by atoms with Crippen LogP contribution in [0.3, 0.4) is 0 Å². The third kappa shape index (κ3) is 4.47. The second-order valence-electron chi connectivity index (χ2n) is 7.57. The number of rotatable bonds is 8. The molecule has 0 radical (unpaired) electrons. The number of fused-ring (bicyclic) bond motifs is 2. The Morgan fingerprint density at radius 3 is 2.66 bits per heavy atom. The highest BCUT2D eigenvalue weighted by atomic mass is 35.5. The minimum absolute atomic E-state index is 0. The molecule has 5 rings (SSSR count). The van der Waals surface area contributed by atoms with Crippen LogP contribution in [-0.2, 0) is 6.42 Å². The third-order valence-corrected chi connectivity index (χ3v) is 6.37. The molecule has 2 aromatic heterocycles. The van der Waals surface area contributed by atoms with Gasteiger partial charge in [-0.1, -0.05) is 73.3 Å². The van der Waals surface area contributed by atoms with Crippen molar-refractivity contribution in [1.82, 2.24) is 19.9 Å². The van der Waals surface area contributed by atoms with E-state index in [0.717, 1.165) is 41.7 Å². The van der Waals surface area contributed by atoms with E-state index in [1.165, 1.54) is 27.2 Å². The lowest BCUT2D eigenvalue weighted by atomic mass is 10.1. The van der Waals surface area contributed by atoms with Crippen molar-refractivity contribution in [3.8, 4) is 11.4 Å². The lowest BCUT2D eigenvalue weighted by Crippen LogP contribution is -2.18. The molecule has 0 bridgehead atoms. The lowest BCUT2D eigenvalue weighted by molar-refractivity contribution is 0.742. The van der Waals surface area contributed by atoms with Crippen LogP contribution in [0.1, 0.15) is 18.9 Å². The quantitative estimate of drug-likeness (QED) is 0.265. The largest absolute Gasteiger partial charge is 0.361 e. The Bertz CT molecular complexity index is 1330. The highest BCUT2D eigenvalue weighted by Gasteiger charge is 2.15. The molecule has 5 aromatic rings. The molecular formula is C25H26ClN5S. The fourth-order valence-electron chi connectivity index (χ4n) is 3.84. The molecule has 0 fully saturated rings. The van der Waals surface area contributed by atoms with Crippen LogP contribution in [0.15, 0.2) is 78.1 Å². The first kappa shape index (κ1) is 22.2. The van der Waals surface area contributed by atoms with Crippen molar-refractivity contribution in [3.63, 3.8) is 0 Å². The molecule has 0 spiro atoms. The van der Waals surface area contributed by atoms with E-state index < -0.39 is 0 Å². The number of H-pyrrole nitrogens is 1. The number of hydrogen-bond donors (Lipinski definition) is 2. The zero-order valence-corrected chi connectivity index (χ0v) is 19.5. The first-order valence-electron chi connectivity index (χ1n) is 10.7. The number of benzene rings is 3. The summed E-state index contributed by atoms with van der Waals surface area (Å²) in [6.07, 6.45) is 4.13. The van der Waals surface area contributed by atoms with Gasteiger partial charge in [-0.2, -0.15) is 0 Å². The Balaban J connectivity index is 0.00000245. The summed E-state index contributed by atoms with van der Waals surface area (Å²) in [5.74, 6) is 1.79. The molecule has 32 heavy (non-hydrogen) atoms. The Labute approximate surface area is 198 Å². The standard InChI is InChI=1S/C25H25N5S.ClH/c1-2-14-27-30-24(20-12-11-18-7-3-4-8-19(18)16-20)28-29-25(30)31-15-13-21-17-26-23-10-6-5-9-22(21)23;/h3-12,16-17,26-27H,2,13-15H2,1H3;1H. The Kier molecular flexibility index (Phi) is 7.02. The fourth-order valence-corrected chi connectivity index (χ4v) is 4.72. The first-order chi connectivity index (χ1) is 15.3. The van der Waals surface area contributed by atoms with Gasteiger partial charge in [-0.3, -0.25) is 0 Å². The van der Waals surface area contributed by atoms with Gasteiger partial charge >= 0.3 is 0 Å². The number of aromatic amines is 1. The van der Waals surface area contributed by atoms with E-state index in [0.29, 0.717) is 0 Å². The number of aryl methyl sites for hydroxylation is 1. The maximum atomic E-state index is 4.54. The number of nitrogens with one attached hydrogen (secondary N) is 2. The molecule has 0 aliphatic carbocycles. The third-order valence-electron chi connectivity index (χ3n) is 5.44. The maximum absolute atomic E-state index is 4.54. The Morgan fingerprint density at radius 1 is 0.969 bits per heavy atom. The van der Waals surface area contributed by atoms with E-state index in [9.17, 15) is 0 Å². The minimum atomic E-state index is 0. The van der Waals surface area contributed by atoms with Crippen LogP contribution in [0.2, 0.25) is 0 Å². The predicted octanol–water partition coefficient (Wildman–Crippen LogP) is 6.29. The van der Waals surface area contributed by atoms with Gasteiger partial charge in [0.15, 0.2) is 5.82 Å². The van der Waals surface area contributed by atoms with Crippen molar-refractivity contribution in [2.75, 3.05) is 17.7 Å². The van der Waals surface area contributed by atoms with Crippen LogP contribution in [0, 0.1) is 0 Å². The summed E-state index contributed by atoms with van der Waals surface area (Å²) in [4.78, 5) is 3.36. The second-order valence-corrected chi connectivity index (χ2v) is 8.63. The van der Waals surface area contributed by atoms with Crippen molar-refractivity contribution >= 4 is 45.8 Å².